The minimum Gasteiger partial charge on any atom is -0.366 e. The Kier molecular flexibility index (Phi) is 4.35. The van der Waals surface area contributed by atoms with E-state index in [1.807, 2.05) is 0 Å². The molecule has 110 valence electrons. The fourth-order valence-electron chi connectivity index (χ4n) is 3.21. The SMILES string of the molecule is CCN1CCCC(Nc2cc(N3CCCC3)ncn2)C1. The second-order valence-electron chi connectivity index (χ2n) is 5.83. The Morgan fingerprint density at radius 2 is 2.05 bits per heavy atom. The number of likely N-dealkylation sites (tertiary alicyclic amines) is 1. The number of nitrogens with zero attached hydrogens (tertiary/aromatic N) is 4. The van der Waals surface area contributed by atoms with Gasteiger partial charge in [0, 0.05) is 31.7 Å². The van der Waals surface area contributed by atoms with Crippen LogP contribution in [-0.4, -0.2) is 53.6 Å². The molecule has 2 saturated heterocycles. The highest BCUT2D eigenvalue weighted by molar-refractivity contribution is 5.49. The van der Waals surface area contributed by atoms with E-state index in [0.29, 0.717) is 6.04 Å². The van der Waals surface area contributed by atoms with Crippen molar-refractivity contribution < 1.29 is 0 Å². The first-order valence-corrected chi connectivity index (χ1v) is 7.91. The first-order valence-electron chi connectivity index (χ1n) is 7.91. The normalized spacial score (nSPS) is 24.1. The molecule has 2 aliphatic heterocycles. The molecule has 1 atom stereocenters. The van der Waals surface area contributed by atoms with Gasteiger partial charge in [0.25, 0.3) is 0 Å². The summed E-state index contributed by atoms with van der Waals surface area (Å²) in [4.78, 5) is 13.7. The molecule has 1 aromatic heterocycles. The van der Waals surface area contributed by atoms with Crippen LogP contribution in [0.1, 0.15) is 32.6 Å². The Labute approximate surface area is 121 Å². The quantitative estimate of drug-likeness (QED) is 0.910. The molecule has 3 rings (SSSR count). The van der Waals surface area contributed by atoms with Gasteiger partial charge in [-0.1, -0.05) is 6.92 Å². The van der Waals surface area contributed by atoms with Gasteiger partial charge in [0.15, 0.2) is 0 Å². The molecular weight excluding hydrogens is 250 g/mol. The fraction of sp³-hybridized carbons (Fsp3) is 0.733. The zero-order valence-electron chi connectivity index (χ0n) is 12.4. The van der Waals surface area contributed by atoms with Crippen LogP contribution in [0.15, 0.2) is 12.4 Å². The van der Waals surface area contributed by atoms with Gasteiger partial charge in [0.05, 0.1) is 0 Å². The number of piperidine rings is 1. The Hall–Kier alpha value is -1.36. The van der Waals surface area contributed by atoms with Crippen LogP contribution in [0.2, 0.25) is 0 Å². The molecule has 0 aliphatic carbocycles. The summed E-state index contributed by atoms with van der Waals surface area (Å²) in [6.07, 6.45) is 6.76. The molecule has 5 heteroatoms. The summed E-state index contributed by atoms with van der Waals surface area (Å²) in [5, 5.41) is 3.59. The van der Waals surface area contributed by atoms with Gasteiger partial charge in [-0.25, -0.2) is 9.97 Å². The number of likely N-dealkylation sites (N-methyl/N-ethyl adjacent to an activating group) is 1. The predicted octanol–water partition coefficient (Wildman–Crippen LogP) is 1.97. The highest BCUT2D eigenvalue weighted by Crippen LogP contribution is 2.21. The maximum atomic E-state index is 4.41. The Balaban J connectivity index is 1.63. The second-order valence-corrected chi connectivity index (χ2v) is 5.83. The average Bonchev–Trinajstić information content (AvgIpc) is 3.02. The zero-order chi connectivity index (χ0) is 13.8. The van der Waals surface area contributed by atoms with Crippen LogP contribution in [0.25, 0.3) is 0 Å². The van der Waals surface area contributed by atoms with Crippen molar-refractivity contribution in [3.05, 3.63) is 12.4 Å². The molecule has 0 bridgehead atoms. The van der Waals surface area contributed by atoms with Crippen LogP contribution in [0.3, 0.4) is 0 Å². The van der Waals surface area contributed by atoms with E-state index in [0.717, 1.165) is 37.8 Å². The molecule has 1 unspecified atom stereocenters. The van der Waals surface area contributed by atoms with Gasteiger partial charge in [-0.2, -0.15) is 0 Å². The van der Waals surface area contributed by atoms with E-state index in [1.54, 1.807) is 6.33 Å². The van der Waals surface area contributed by atoms with Crippen molar-refractivity contribution in [3.63, 3.8) is 0 Å². The molecule has 0 spiro atoms. The van der Waals surface area contributed by atoms with Gasteiger partial charge in [-0.05, 0) is 38.8 Å². The Bertz CT molecular complexity index is 430. The summed E-state index contributed by atoms with van der Waals surface area (Å²) in [6.45, 7) is 7.99. The third-order valence-corrected chi connectivity index (χ3v) is 4.39. The minimum absolute atomic E-state index is 0.519. The lowest BCUT2D eigenvalue weighted by Gasteiger charge is -2.32. The molecule has 0 aromatic carbocycles. The zero-order valence-corrected chi connectivity index (χ0v) is 12.4. The van der Waals surface area contributed by atoms with Gasteiger partial charge in [0.1, 0.15) is 18.0 Å². The summed E-state index contributed by atoms with van der Waals surface area (Å²) in [6, 6.07) is 2.63. The van der Waals surface area contributed by atoms with Crippen molar-refractivity contribution in [2.45, 2.75) is 38.6 Å². The molecule has 3 heterocycles. The molecule has 1 N–H and O–H groups in total. The number of hydrogen-bond donors (Lipinski definition) is 1. The summed E-state index contributed by atoms with van der Waals surface area (Å²) in [7, 11) is 0. The average molecular weight is 275 g/mol. The predicted molar refractivity (Wildman–Crippen MR) is 82.2 cm³/mol. The molecule has 0 amide bonds. The maximum absolute atomic E-state index is 4.41. The van der Waals surface area contributed by atoms with Crippen molar-refractivity contribution in [1.82, 2.24) is 14.9 Å². The van der Waals surface area contributed by atoms with Crippen LogP contribution >= 0.6 is 0 Å². The largest absolute Gasteiger partial charge is 0.366 e. The summed E-state index contributed by atoms with van der Waals surface area (Å²) < 4.78 is 0. The van der Waals surface area contributed by atoms with E-state index >= 15 is 0 Å². The molecule has 2 fully saturated rings. The summed E-state index contributed by atoms with van der Waals surface area (Å²) >= 11 is 0. The Morgan fingerprint density at radius 3 is 2.85 bits per heavy atom. The van der Waals surface area contributed by atoms with Gasteiger partial charge in [0.2, 0.25) is 0 Å². The van der Waals surface area contributed by atoms with Crippen molar-refractivity contribution in [1.29, 1.82) is 0 Å². The van der Waals surface area contributed by atoms with Crippen LogP contribution in [-0.2, 0) is 0 Å². The van der Waals surface area contributed by atoms with E-state index in [4.69, 9.17) is 0 Å². The van der Waals surface area contributed by atoms with E-state index in [9.17, 15) is 0 Å². The van der Waals surface area contributed by atoms with Crippen LogP contribution in [0, 0.1) is 0 Å². The smallest absolute Gasteiger partial charge is 0.134 e. The summed E-state index contributed by atoms with van der Waals surface area (Å²) in [5.41, 5.74) is 0. The lowest BCUT2D eigenvalue weighted by Crippen LogP contribution is -2.42. The van der Waals surface area contributed by atoms with Gasteiger partial charge >= 0.3 is 0 Å². The van der Waals surface area contributed by atoms with E-state index < -0.39 is 0 Å². The molecule has 1 aromatic rings. The van der Waals surface area contributed by atoms with E-state index in [1.165, 1.54) is 32.2 Å². The summed E-state index contributed by atoms with van der Waals surface area (Å²) in [5.74, 6) is 2.05. The number of nitrogens with one attached hydrogen (secondary N) is 1. The molecular formula is C15H25N5. The number of anilines is 2. The van der Waals surface area contributed by atoms with Crippen LogP contribution in [0.5, 0.6) is 0 Å². The third kappa shape index (κ3) is 3.20. The topological polar surface area (TPSA) is 44.3 Å². The highest BCUT2D eigenvalue weighted by atomic mass is 15.2. The fourth-order valence-corrected chi connectivity index (χ4v) is 3.21. The van der Waals surface area contributed by atoms with Gasteiger partial charge in [-0.15, -0.1) is 0 Å². The number of rotatable bonds is 4. The minimum atomic E-state index is 0.519. The molecule has 0 radical (unpaired) electrons. The molecule has 0 saturated carbocycles. The molecule has 5 nitrogen and oxygen atoms in total. The van der Waals surface area contributed by atoms with Crippen molar-refractivity contribution in [2.24, 2.45) is 0 Å². The number of hydrogen-bond acceptors (Lipinski definition) is 5. The van der Waals surface area contributed by atoms with Gasteiger partial charge < -0.3 is 15.1 Å². The monoisotopic (exact) mass is 275 g/mol. The molecule has 20 heavy (non-hydrogen) atoms. The van der Waals surface area contributed by atoms with Crippen LogP contribution < -0.4 is 10.2 Å². The van der Waals surface area contributed by atoms with Crippen molar-refractivity contribution >= 4 is 11.6 Å². The van der Waals surface area contributed by atoms with E-state index in [2.05, 4.69) is 38.1 Å². The first kappa shape index (κ1) is 13.6. The third-order valence-electron chi connectivity index (χ3n) is 4.39. The lowest BCUT2D eigenvalue weighted by molar-refractivity contribution is 0.226. The Morgan fingerprint density at radius 1 is 1.20 bits per heavy atom. The first-order chi connectivity index (χ1) is 9.85. The maximum Gasteiger partial charge on any atom is 0.134 e. The van der Waals surface area contributed by atoms with Crippen LogP contribution in [0.4, 0.5) is 11.6 Å². The second kappa shape index (κ2) is 6.39. The van der Waals surface area contributed by atoms with E-state index in [-0.39, 0.29) is 0 Å². The lowest BCUT2D eigenvalue weighted by atomic mass is 10.1. The highest BCUT2D eigenvalue weighted by Gasteiger charge is 2.19. The molecule has 2 aliphatic rings. The van der Waals surface area contributed by atoms with Crippen molar-refractivity contribution in [2.75, 3.05) is 42.9 Å². The van der Waals surface area contributed by atoms with Crippen molar-refractivity contribution in [3.8, 4) is 0 Å². The standard InChI is InChI=1S/C15H25N5/c1-2-19-7-5-6-13(11-19)18-14-10-15(17-12-16-14)20-8-3-4-9-20/h10,12-13H,2-9,11H2,1H3,(H,16,17,18). The van der Waals surface area contributed by atoms with Gasteiger partial charge in [-0.3, -0.25) is 0 Å². The number of aromatic nitrogens is 2.